The third-order valence-electron chi connectivity index (χ3n) is 2.79. The van der Waals surface area contributed by atoms with Crippen LogP contribution in [0.1, 0.15) is 25.8 Å². The molecule has 4 nitrogen and oxygen atoms in total. The van der Waals surface area contributed by atoms with Crippen LogP contribution >= 0.6 is 0 Å². The summed E-state index contributed by atoms with van der Waals surface area (Å²) in [5.74, 6) is -0.130. The molecule has 0 aromatic heterocycles. The number of benzene rings is 1. The van der Waals surface area contributed by atoms with Gasteiger partial charge in [-0.15, -0.1) is 0 Å². The predicted octanol–water partition coefficient (Wildman–Crippen LogP) is 2.19. The summed E-state index contributed by atoms with van der Waals surface area (Å²) in [5.41, 5.74) is -0.441. The van der Waals surface area contributed by atoms with E-state index < -0.39 is 11.7 Å². The molecule has 0 aliphatic carbocycles. The first-order valence-corrected chi connectivity index (χ1v) is 5.64. The Labute approximate surface area is 100.0 Å². The minimum absolute atomic E-state index is 0.242. The number of hydrogen-bond donors (Lipinski definition) is 1. The molecule has 2 rings (SSSR count). The lowest BCUT2D eigenvalue weighted by molar-refractivity contribution is -0.133. The number of rotatable bonds is 3. The zero-order valence-electron chi connectivity index (χ0n) is 9.90. The zero-order valence-corrected chi connectivity index (χ0v) is 9.90. The zero-order chi connectivity index (χ0) is 12.5. The van der Waals surface area contributed by atoms with Gasteiger partial charge in [0.05, 0.1) is 0 Å². The summed E-state index contributed by atoms with van der Waals surface area (Å²) in [4.78, 5) is 23.3. The second-order valence-corrected chi connectivity index (χ2v) is 4.63. The summed E-state index contributed by atoms with van der Waals surface area (Å²) >= 11 is 0. The fourth-order valence-electron chi connectivity index (χ4n) is 2.15. The van der Waals surface area contributed by atoms with E-state index in [0.29, 0.717) is 6.42 Å². The molecule has 1 fully saturated rings. The summed E-state index contributed by atoms with van der Waals surface area (Å²) in [6.07, 6.45) is -0.186. The molecule has 90 valence electrons. The molecule has 1 aliphatic rings. The number of alkyl carbamates (subject to hydrolysis) is 1. The van der Waals surface area contributed by atoms with Crippen molar-refractivity contribution < 1.29 is 14.3 Å². The molecule has 1 atom stereocenters. The molecule has 0 radical (unpaired) electrons. The van der Waals surface area contributed by atoms with E-state index in [1.165, 1.54) is 0 Å². The minimum Gasteiger partial charge on any atom is -0.427 e. The van der Waals surface area contributed by atoms with E-state index in [0.717, 1.165) is 5.56 Å². The van der Waals surface area contributed by atoms with E-state index in [1.54, 1.807) is 12.1 Å². The molecule has 1 unspecified atom stereocenters. The third-order valence-corrected chi connectivity index (χ3v) is 2.79. The van der Waals surface area contributed by atoms with Gasteiger partial charge >= 0.3 is 6.09 Å². The average molecular weight is 233 g/mol. The quantitative estimate of drug-likeness (QED) is 0.870. The molecule has 0 spiro atoms. The van der Waals surface area contributed by atoms with Crippen molar-refractivity contribution in [2.24, 2.45) is 5.92 Å². The Morgan fingerprint density at radius 1 is 1.24 bits per heavy atom. The third kappa shape index (κ3) is 2.02. The summed E-state index contributed by atoms with van der Waals surface area (Å²) in [6, 6.07) is 9.13. The highest BCUT2D eigenvalue weighted by molar-refractivity contribution is 6.03. The Hall–Kier alpha value is -1.84. The van der Waals surface area contributed by atoms with Gasteiger partial charge in [-0.25, -0.2) is 4.79 Å². The summed E-state index contributed by atoms with van der Waals surface area (Å²) in [5, 5.41) is 2.21. The van der Waals surface area contributed by atoms with E-state index in [1.807, 2.05) is 32.0 Å². The molecule has 1 aliphatic heterocycles. The van der Waals surface area contributed by atoms with E-state index >= 15 is 0 Å². The second-order valence-electron chi connectivity index (χ2n) is 4.63. The SMILES string of the molecule is CC(C)CC1(c2ccccc2)OC(=O)NC1=O. The van der Waals surface area contributed by atoms with Gasteiger partial charge in [0.1, 0.15) is 0 Å². The van der Waals surface area contributed by atoms with Crippen LogP contribution in [-0.2, 0) is 15.1 Å². The Bertz CT molecular complexity index is 441. The largest absolute Gasteiger partial charge is 0.427 e. The maximum Gasteiger partial charge on any atom is 0.415 e. The highest BCUT2D eigenvalue weighted by atomic mass is 16.6. The van der Waals surface area contributed by atoms with Crippen molar-refractivity contribution in [3.8, 4) is 0 Å². The van der Waals surface area contributed by atoms with E-state index in [4.69, 9.17) is 4.74 Å². The number of ether oxygens (including phenoxy) is 1. The number of carbonyl (C=O) groups excluding carboxylic acids is 2. The Kier molecular flexibility index (Phi) is 2.88. The lowest BCUT2D eigenvalue weighted by Gasteiger charge is -2.26. The van der Waals surface area contributed by atoms with Gasteiger partial charge in [0.25, 0.3) is 5.91 Å². The molecule has 1 aromatic carbocycles. The fourth-order valence-corrected chi connectivity index (χ4v) is 2.15. The van der Waals surface area contributed by atoms with Crippen molar-refractivity contribution in [1.29, 1.82) is 0 Å². The van der Waals surface area contributed by atoms with Gasteiger partial charge in [-0.3, -0.25) is 10.1 Å². The lowest BCUT2D eigenvalue weighted by atomic mass is 9.85. The summed E-state index contributed by atoms with van der Waals surface area (Å²) < 4.78 is 5.26. The van der Waals surface area contributed by atoms with Crippen LogP contribution in [0.5, 0.6) is 0 Å². The van der Waals surface area contributed by atoms with Gasteiger partial charge in [-0.1, -0.05) is 44.2 Å². The first kappa shape index (κ1) is 11.6. The first-order valence-electron chi connectivity index (χ1n) is 5.64. The van der Waals surface area contributed by atoms with Crippen LogP contribution in [0, 0.1) is 5.92 Å². The van der Waals surface area contributed by atoms with Crippen molar-refractivity contribution in [3.63, 3.8) is 0 Å². The van der Waals surface area contributed by atoms with E-state index in [9.17, 15) is 9.59 Å². The van der Waals surface area contributed by atoms with Crippen molar-refractivity contribution in [2.75, 3.05) is 0 Å². The first-order chi connectivity index (χ1) is 8.04. The molecule has 0 saturated carbocycles. The van der Waals surface area contributed by atoms with Crippen LogP contribution in [0.4, 0.5) is 4.79 Å². The van der Waals surface area contributed by atoms with Gasteiger partial charge in [-0.05, 0) is 5.92 Å². The number of imide groups is 1. The van der Waals surface area contributed by atoms with Gasteiger partial charge in [0, 0.05) is 12.0 Å². The van der Waals surface area contributed by atoms with E-state index in [2.05, 4.69) is 5.32 Å². The van der Waals surface area contributed by atoms with Crippen molar-refractivity contribution in [3.05, 3.63) is 35.9 Å². The number of amides is 2. The maximum absolute atomic E-state index is 12.0. The Morgan fingerprint density at radius 2 is 1.88 bits per heavy atom. The number of carbonyl (C=O) groups is 2. The van der Waals surface area contributed by atoms with Crippen LogP contribution in [-0.4, -0.2) is 12.0 Å². The highest BCUT2D eigenvalue weighted by Gasteiger charge is 2.50. The van der Waals surface area contributed by atoms with Crippen LogP contribution in [0.2, 0.25) is 0 Å². The molecule has 0 bridgehead atoms. The molecule has 1 heterocycles. The molecular weight excluding hydrogens is 218 g/mol. The standard InChI is InChI=1S/C13H15NO3/c1-9(2)8-13(10-6-4-3-5-7-10)11(15)14-12(16)17-13/h3-7,9H,8H2,1-2H3,(H,14,15,16). The predicted molar refractivity (Wildman–Crippen MR) is 62.2 cm³/mol. The Morgan fingerprint density at radius 3 is 2.35 bits per heavy atom. The Balaban J connectivity index is 2.45. The van der Waals surface area contributed by atoms with Crippen molar-refractivity contribution >= 4 is 12.0 Å². The van der Waals surface area contributed by atoms with Crippen LogP contribution in [0.3, 0.4) is 0 Å². The highest BCUT2D eigenvalue weighted by Crippen LogP contribution is 2.36. The van der Waals surface area contributed by atoms with Gasteiger partial charge in [0.2, 0.25) is 5.60 Å². The fraction of sp³-hybridized carbons (Fsp3) is 0.385. The minimum atomic E-state index is -1.16. The van der Waals surface area contributed by atoms with Gasteiger partial charge < -0.3 is 4.74 Å². The van der Waals surface area contributed by atoms with Gasteiger partial charge in [-0.2, -0.15) is 0 Å². The van der Waals surface area contributed by atoms with Crippen LogP contribution in [0.15, 0.2) is 30.3 Å². The van der Waals surface area contributed by atoms with Crippen LogP contribution < -0.4 is 5.32 Å². The number of nitrogens with one attached hydrogen (secondary N) is 1. The van der Waals surface area contributed by atoms with Gasteiger partial charge in [0.15, 0.2) is 0 Å². The molecule has 17 heavy (non-hydrogen) atoms. The summed E-state index contributed by atoms with van der Waals surface area (Å²) in [6.45, 7) is 3.98. The smallest absolute Gasteiger partial charge is 0.415 e. The molecular formula is C13H15NO3. The summed E-state index contributed by atoms with van der Waals surface area (Å²) in [7, 11) is 0. The number of cyclic esters (lactones) is 1. The average Bonchev–Trinajstić information content (AvgIpc) is 2.55. The molecule has 1 aromatic rings. The number of hydrogen-bond acceptors (Lipinski definition) is 3. The van der Waals surface area contributed by atoms with E-state index in [-0.39, 0.29) is 11.8 Å². The van der Waals surface area contributed by atoms with Crippen molar-refractivity contribution in [1.82, 2.24) is 5.32 Å². The molecule has 2 amide bonds. The second kappa shape index (κ2) is 4.20. The molecule has 1 saturated heterocycles. The lowest BCUT2D eigenvalue weighted by Crippen LogP contribution is -2.37. The normalized spacial score (nSPS) is 23.7. The maximum atomic E-state index is 12.0. The monoisotopic (exact) mass is 233 g/mol. The topological polar surface area (TPSA) is 55.4 Å². The molecule has 4 heteroatoms. The molecule has 1 N–H and O–H groups in total. The van der Waals surface area contributed by atoms with Crippen molar-refractivity contribution in [2.45, 2.75) is 25.9 Å². The van der Waals surface area contributed by atoms with Crippen LogP contribution in [0.25, 0.3) is 0 Å².